The van der Waals surface area contributed by atoms with Crippen molar-refractivity contribution in [2.45, 2.75) is 30.7 Å². The lowest BCUT2D eigenvalue weighted by atomic mass is 9.97. The summed E-state index contributed by atoms with van der Waals surface area (Å²) in [5, 5.41) is 38.4. The molecule has 4 atom stereocenters. The highest BCUT2D eigenvalue weighted by molar-refractivity contribution is 5.59. The number of aliphatic hydroxyl groups is 4. The van der Waals surface area contributed by atoms with Gasteiger partial charge in [0, 0.05) is 0 Å². The minimum absolute atomic E-state index is 0.0111. The highest BCUT2D eigenvalue weighted by Crippen LogP contribution is 2.24. The van der Waals surface area contributed by atoms with E-state index >= 15 is 0 Å². The third-order valence-corrected chi connectivity index (χ3v) is 3.28. The number of benzene rings is 1. The zero-order valence-electron chi connectivity index (χ0n) is 11.7. The fourth-order valence-electron chi connectivity index (χ4n) is 1.94. The minimum Gasteiger partial charge on any atom is -0.429 e. The van der Waals surface area contributed by atoms with E-state index in [9.17, 15) is 25.2 Å². The smallest absolute Gasteiger partial charge is 0.429 e. The molecule has 1 saturated heterocycles. The Morgan fingerprint density at radius 2 is 1.91 bits per heavy atom. The van der Waals surface area contributed by atoms with Gasteiger partial charge in [0.05, 0.1) is 6.61 Å². The topological polar surface area (TPSA) is 126 Å². The van der Waals surface area contributed by atoms with Crippen molar-refractivity contribution in [3.05, 3.63) is 35.9 Å². The highest BCUT2D eigenvalue weighted by atomic mass is 16.7. The van der Waals surface area contributed by atoms with Crippen LogP contribution in [-0.4, -0.2) is 63.9 Å². The lowest BCUT2D eigenvalue weighted by molar-refractivity contribution is -0.331. The first kappa shape index (κ1) is 16.7. The Bertz CT molecular complexity index is 493. The second-order valence-electron chi connectivity index (χ2n) is 4.97. The maximum absolute atomic E-state index is 11.4. The monoisotopic (exact) mass is 314 g/mol. The number of carbonyl (C=O) groups excluding carboxylic acids is 1. The Kier molecular flexibility index (Phi) is 5.33. The fourth-order valence-corrected chi connectivity index (χ4v) is 1.94. The number of hydrogen-bond donors (Lipinski definition) is 4. The maximum atomic E-state index is 11.4. The zero-order chi connectivity index (χ0) is 16.2. The van der Waals surface area contributed by atoms with Crippen LogP contribution in [-0.2, 0) is 20.8 Å². The Hall–Kier alpha value is -1.71. The molecule has 1 heterocycles. The predicted octanol–water partition coefficient (Wildman–Crippen LogP) is -0.859. The zero-order valence-corrected chi connectivity index (χ0v) is 11.7. The van der Waals surface area contributed by atoms with Crippen LogP contribution in [0.15, 0.2) is 30.3 Å². The molecule has 1 aromatic rings. The number of rotatable bonds is 4. The minimum atomic E-state index is -2.30. The van der Waals surface area contributed by atoms with Crippen LogP contribution in [0.2, 0.25) is 0 Å². The first-order valence-corrected chi connectivity index (χ1v) is 6.66. The van der Waals surface area contributed by atoms with Gasteiger partial charge in [-0.15, -0.1) is 0 Å². The SMILES string of the molecule is O=C(OCc1ccccc1)OC[C@]1(O)OC[C@@H](O)[C@H](O)[C@H]1O. The molecule has 2 rings (SSSR count). The quantitative estimate of drug-likeness (QED) is 0.529. The average molecular weight is 314 g/mol. The first-order valence-electron chi connectivity index (χ1n) is 6.66. The van der Waals surface area contributed by atoms with E-state index in [-0.39, 0.29) is 6.61 Å². The predicted molar refractivity (Wildman–Crippen MR) is 71.5 cm³/mol. The molecule has 1 aliphatic heterocycles. The largest absolute Gasteiger partial charge is 0.508 e. The second kappa shape index (κ2) is 7.03. The molecule has 122 valence electrons. The van der Waals surface area contributed by atoms with Crippen LogP contribution in [0.25, 0.3) is 0 Å². The summed E-state index contributed by atoms with van der Waals surface area (Å²) in [5.41, 5.74) is 0.755. The van der Waals surface area contributed by atoms with Gasteiger partial charge in [-0.05, 0) is 5.56 Å². The first-order chi connectivity index (χ1) is 10.4. The van der Waals surface area contributed by atoms with Crippen LogP contribution < -0.4 is 0 Å². The van der Waals surface area contributed by atoms with Crippen molar-refractivity contribution in [3.63, 3.8) is 0 Å². The molecule has 1 aliphatic rings. The van der Waals surface area contributed by atoms with Crippen LogP contribution in [0, 0.1) is 0 Å². The summed E-state index contributed by atoms with van der Waals surface area (Å²) in [4.78, 5) is 11.4. The molecule has 4 N–H and O–H groups in total. The normalized spacial score (nSPS) is 31.5. The Morgan fingerprint density at radius 3 is 2.59 bits per heavy atom. The van der Waals surface area contributed by atoms with E-state index in [0.29, 0.717) is 0 Å². The molecule has 0 spiro atoms. The molecule has 8 nitrogen and oxygen atoms in total. The van der Waals surface area contributed by atoms with Crippen LogP contribution in [0.1, 0.15) is 5.56 Å². The molecule has 0 radical (unpaired) electrons. The van der Waals surface area contributed by atoms with Crippen LogP contribution >= 0.6 is 0 Å². The van der Waals surface area contributed by atoms with Gasteiger partial charge in [-0.2, -0.15) is 0 Å². The molecule has 1 fully saturated rings. The Balaban J connectivity index is 1.80. The molecular weight excluding hydrogens is 296 g/mol. The van der Waals surface area contributed by atoms with Gasteiger partial charge in [0.1, 0.15) is 24.9 Å². The van der Waals surface area contributed by atoms with Gasteiger partial charge in [0.2, 0.25) is 5.79 Å². The van der Waals surface area contributed by atoms with Gasteiger partial charge in [0.25, 0.3) is 0 Å². The molecule has 0 saturated carbocycles. The van der Waals surface area contributed by atoms with Crippen molar-refractivity contribution in [2.75, 3.05) is 13.2 Å². The van der Waals surface area contributed by atoms with Gasteiger partial charge in [-0.1, -0.05) is 30.3 Å². The lowest BCUT2D eigenvalue weighted by Crippen LogP contribution is -2.63. The van der Waals surface area contributed by atoms with Crippen molar-refractivity contribution in [3.8, 4) is 0 Å². The summed E-state index contributed by atoms with van der Waals surface area (Å²) in [6, 6.07) is 8.90. The average Bonchev–Trinajstić information content (AvgIpc) is 2.54. The van der Waals surface area contributed by atoms with E-state index in [0.717, 1.165) is 5.56 Å². The van der Waals surface area contributed by atoms with Gasteiger partial charge in [-0.25, -0.2) is 4.79 Å². The maximum Gasteiger partial charge on any atom is 0.508 e. The molecule has 0 aromatic heterocycles. The molecule has 0 amide bonds. The van der Waals surface area contributed by atoms with E-state index in [4.69, 9.17) is 9.47 Å². The van der Waals surface area contributed by atoms with Gasteiger partial charge >= 0.3 is 6.16 Å². The summed E-state index contributed by atoms with van der Waals surface area (Å²) < 4.78 is 14.3. The van der Waals surface area contributed by atoms with Crippen molar-refractivity contribution in [1.29, 1.82) is 0 Å². The van der Waals surface area contributed by atoms with E-state index < -0.39 is 43.5 Å². The van der Waals surface area contributed by atoms with Gasteiger partial charge in [0.15, 0.2) is 6.61 Å². The van der Waals surface area contributed by atoms with Gasteiger partial charge < -0.3 is 34.6 Å². The van der Waals surface area contributed by atoms with E-state index in [1.165, 1.54) is 0 Å². The summed E-state index contributed by atoms with van der Waals surface area (Å²) in [5.74, 6) is -2.30. The van der Waals surface area contributed by atoms with E-state index in [1.807, 2.05) is 6.07 Å². The third-order valence-electron chi connectivity index (χ3n) is 3.28. The molecule has 0 unspecified atom stereocenters. The van der Waals surface area contributed by atoms with Crippen molar-refractivity contribution in [2.24, 2.45) is 0 Å². The fraction of sp³-hybridized carbons (Fsp3) is 0.500. The lowest BCUT2D eigenvalue weighted by Gasteiger charge is -2.40. The van der Waals surface area contributed by atoms with Crippen molar-refractivity contribution < 1.29 is 39.4 Å². The number of carbonyl (C=O) groups is 1. The van der Waals surface area contributed by atoms with Crippen LogP contribution in [0.4, 0.5) is 4.79 Å². The summed E-state index contributed by atoms with van der Waals surface area (Å²) in [6.07, 6.45) is -5.82. The Morgan fingerprint density at radius 1 is 1.23 bits per heavy atom. The standard InChI is InChI=1S/C14H18O8/c15-10-7-22-14(19,12(17)11(10)16)8-21-13(18)20-6-9-4-2-1-3-5-9/h1-5,10-12,15-17,19H,6-8H2/t10-,11+,12-,14+/m1/s1. The molecule has 0 bridgehead atoms. The second-order valence-corrected chi connectivity index (χ2v) is 4.97. The highest BCUT2D eigenvalue weighted by Gasteiger charge is 2.49. The summed E-state index contributed by atoms with van der Waals surface area (Å²) in [6.45, 7) is -1.16. The van der Waals surface area contributed by atoms with E-state index in [2.05, 4.69) is 4.74 Å². The molecular formula is C14H18O8. The van der Waals surface area contributed by atoms with E-state index in [1.54, 1.807) is 24.3 Å². The van der Waals surface area contributed by atoms with Gasteiger partial charge in [-0.3, -0.25) is 0 Å². The number of aliphatic hydroxyl groups excluding tert-OH is 3. The van der Waals surface area contributed by atoms with Crippen molar-refractivity contribution >= 4 is 6.16 Å². The Labute approximate surface area is 126 Å². The van der Waals surface area contributed by atoms with Crippen molar-refractivity contribution in [1.82, 2.24) is 0 Å². The summed E-state index contributed by atoms with van der Waals surface area (Å²) >= 11 is 0. The van der Waals surface area contributed by atoms with Crippen LogP contribution in [0.3, 0.4) is 0 Å². The number of ether oxygens (including phenoxy) is 3. The molecule has 1 aromatic carbocycles. The number of hydrogen-bond acceptors (Lipinski definition) is 8. The molecule has 8 heteroatoms. The molecule has 0 aliphatic carbocycles. The third kappa shape index (κ3) is 3.93. The molecule has 22 heavy (non-hydrogen) atoms. The summed E-state index contributed by atoms with van der Waals surface area (Å²) in [7, 11) is 0. The van der Waals surface area contributed by atoms with Crippen LogP contribution in [0.5, 0.6) is 0 Å².